The van der Waals surface area contributed by atoms with Crippen molar-refractivity contribution >= 4 is 17.9 Å². The van der Waals surface area contributed by atoms with E-state index in [0.29, 0.717) is 23.1 Å². The molecule has 1 aromatic carbocycles. The van der Waals surface area contributed by atoms with Gasteiger partial charge >= 0.3 is 17.9 Å². The minimum atomic E-state index is -1.69. The summed E-state index contributed by atoms with van der Waals surface area (Å²) in [5.74, 6) is -3.96. The van der Waals surface area contributed by atoms with Crippen LogP contribution in [0.15, 0.2) is 60.7 Å². The van der Waals surface area contributed by atoms with Crippen LogP contribution in [0.3, 0.4) is 0 Å². The lowest BCUT2D eigenvalue weighted by molar-refractivity contribution is -0.308. The predicted octanol–water partition coefficient (Wildman–Crippen LogP) is 1.24. The fraction of sp³-hybridized carbons (Fsp3) is 0.571. The van der Waals surface area contributed by atoms with E-state index in [1.54, 1.807) is 19.1 Å². The van der Waals surface area contributed by atoms with Gasteiger partial charge in [0, 0.05) is 17.9 Å². The van der Waals surface area contributed by atoms with Crippen molar-refractivity contribution in [2.24, 2.45) is 23.7 Å². The normalized spacial score (nSPS) is 36.0. The zero-order valence-corrected chi connectivity index (χ0v) is 27.0. The molecular formula is C35H44O13. The second-order valence-electron chi connectivity index (χ2n) is 13.2. The molecule has 0 aromatic heterocycles. The van der Waals surface area contributed by atoms with Gasteiger partial charge in [0.2, 0.25) is 0 Å². The third-order valence-corrected chi connectivity index (χ3v) is 10.1. The van der Waals surface area contributed by atoms with Gasteiger partial charge in [0.15, 0.2) is 12.4 Å². The highest BCUT2D eigenvalue weighted by Crippen LogP contribution is 2.53. The van der Waals surface area contributed by atoms with E-state index >= 15 is 0 Å². The quantitative estimate of drug-likeness (QED) is 0.103. The van der Waals surface area contributed by atoms with Crippen molar-refractivity contribution in [3.8, 4) is 5.75 Å². The second-order valence-corrected chi connectivity index (χ2v) is 13.2. The second kappa shape index (κ2) is 14.5. The molecule has 2 aliphatic heterocycles. The maximum atomic E-state index is 12.9. The van der Waals surface area contributed by atoms with Crippen molar-refractivity contribution in [3.05, 3.63) is 66.3 Å². The Balaban J connectivity index is 1.27. The van der Waals surface area contributed by atoms with E-state index in [-0.39, 0.29) is 42.4 Å². The van der Waals surface area contributed by atoms with Crippen molar-refractivity contribution in [3.63, 3.8) is 0 Å². The molecule has 2 aliphatic carbocycles. The molecule has 5 N–H and O–H groups in total. The van der Waals surface area contributed by atoms with Gasteiger partial charge in [-0.15, -0.1) is 0 Å². The molecule has 0 amide bonds. The Morgan fingerprint density at radius 1 is 1.04 bits per heavy atom. The SMILES string of the molecule is C=C1C(=O)OC2[C@H]1C(OC(=O)C(O)C(C)CC)CC(=C)[C@@H]1CC(O[C@@H]3O[C@H](COC(=O)Cc4ccc(O)cc4)[C@@H](O)[C@H](O)[C@H]3O)C(=C)[C@@H]21. The molecular weight excluding hydrogens is 628 g/mol. The smallest absolute Gasteiger partial charge is 0.335 e. The molecule has 1 aromatic rings. The Kier molecular flexibility index (Phi) is 10.8. The van der Waals surface area contributed by atoms with Crippen LogP contribution in [0.2, 0.25) is 0 Å². The van der Waals surface area contributed by atoms with Gasteiger partial charge in [0.05, 0.1) is 18.4 Å². The molecule has 48 heavy (non-hydrogen) atoms. The number of aliphatic hydroxyl groups excluding tert-OH is 4. The average molecular weight is 673 g/mol. The molecule has 4 fully saturated rings. The van der Waals surface area contributed by atoms with E-state index in [1.165, 1.54) is 12.1 Å². The molecule has 0 radical (unpaired) electrons. The lowest BCUT2D eigenvalue weighted by atomic mass is 9.81. The number of fused-ring (bicyclic) bond motifs is 3. The zero-order chi connectivity index (χ0) is 35.0. The first kappa shape index (κ1) is 35.7. The topological polar surface area (TPSA) is 199 Å². The molecule has 4 aliphatic rings. The van der Waals surface area contributed by atoms with Crippen LogP contribution in [-0.2, 0) is 44.5 Å². The fourth-order valence-corrected chi connectivity index (χ4v) is 7.01. The number of aliphatic hydroxyl groups is 4. The molecule has 2 saturated heterocycles. The van der Waals surface area contributed by atoms with Gasteiger partial charge in [-0.2, -0.15) is 0 Å². The molecule has 5 unspecified atom stereocenters. The minimum Gasteiger partial charge on any atom is -0.508 e. The van der Waals surface area contributed by atoms with Crippen molar-refractivity contribution in [1.82, 2.24) is 0 Å². The number of carbonyl (C=O) groups is 3. The van der Waals surface area contributed by atoms with Crippen molar-refractivity contribution in [1.29, 1.82) is 0 Å². The fourth-order valence-electron chi connectivity index (χ4n) is 7.01. The maximum Gasteiger partial charge on any atom is 0.335 e. The summed E-state index contributed by atoms with van der Waals surface area (Å²) in [6.45, 7) is 15.5. The number of phenols is 1. The molecule has 0 spiro atoms. The largest absolute Gasteiger partial charge is 0.508 e. The van der Waals surface area contributed by atoms with Crippen molar-refractivity contribution in [2.75, 3.05) is 6.61 Å². The van der Waals surface area contributed by atoms with E-state index in [1.807, 2.05) is 6.92 Å². The average Bonchev–Trinajstić information content (AvgIpc) is 3.50. The number of rotatable bonds is 10. The van der Waals surface area contributed by atoms with Gasteiger partial charge in [-0.3, -0.25) is 4.79 Å². The molecule has 2 saturated carbocycles. The highest BCUT2D eigenvalue weighted by atomic mass is 16.7. The van der Waals surface area contributed by atoms with E-state index < -0.39 is 91.5 Å². The van der Waals surface area contributed by atoms with Crippen LogP contribution in [0.4, 0.5) is 0 Å². The van der Waals surface area contributed by atoms with E-state index in [9.17, 15) is 39.9 Å². The molecule has 13 nitrogen and oxygen atoms in total. The highest BCUT2D eigenvalue weighted by molar-refractivity contribution is 5.91. The summed E-state index contributed by atoms with van der Waals surface area (Å²) in [6, 6.07) is 5.98. The summed E-state index contributed by atoms with van der Waals surface area (Å²) in [4.78, 5) is 38.1. The summed E-state index contributed by atoms with van der Waals surface area (Å²) < 4.78 is 28.8. The molecule has 5 rings (SSSR count). The maximum absolute atomic E-state index is 12.9. The lowest BCUT2D eigenvalue weighted by Gasteiger charge is -2.41. The number of hydrogen-bond acceptors (Lipinski definition) is 13. The van der Waals surface area contributed by atoms with Gasteiger partial charge in [-0.05, 0) is 41.5 Å². The number of carbonyl (C=O) groups excluding carboxylic acids is 3. The van der Waals surface area contributed by atoms with Gasteiger partial charge in [-0.1, -0.05) is 57.7 Å². The Labute approximate surface area is 278 Å². The third kappa shape index (κ3) is 7.07. The van der Waals surface area contributed by atoms with E-state index in [4.69, 9.17) is 23.7 Å². The van der Waals surface area contributed by atoms with Crippen LogP contribution in [-0.4, -0.2) is 105 Å². The molecule has 262 valence electrons. The monoisotopic (exact) mass is 672 g/mol. The molecule has 2 heterocycles. The standard InChI is InChI=1S/C35H44O13/c1-6-15(2)28(38)34(43)45-23-11-16(3)21-13-22(17(4)26(21)32-27(23)18(5)33(42)48-32)46-35-31(41)30(40)29(39)24(47-35)14-44-25(37)12-19-7-9-20(36)10-8-19/h7-10,15,21-24,26-32,35-36,38-41H,3-6,11-14H2,1-2H3/t15?,21-,22?,23?,24+,26+,27+,28?,29+,30-,31+,32?,35+/m0/s1. The number of hydrogen-bond donors (Lipinski definition) is 5. The van der Waals surface area contributed by atoms with Gasteiger partial charge in [0.25, 0.3) is 0 Å². The number of aromatic hydroxyl groups is 1. The van der Waals surface area contributed by atoms with Crippen LogP contribution < -0.4 is 0 Å². The van der Waals surface area contributed by atoms with Crippen LogP contribution in [0.25, 0.3) is 0 Å². The van der Waals surface area contributed by atoms with Gasteiger partial charge in [0.1, 0.15) is 49.0 Å². The molecule has 13 heteroatoms. The number of benzene rings is 1. The summed E-state index contributed by atoms with van der Waals surface area (Å²) in [5, 5.41) is 51.9. The number of ether oxygens (including phenoxy) is 5. The summed E-state index contributed by atoms with van der Waals surface area (Å²) in [6.07, 6.45) is -10.5. The first-order chi connectivity index (χ1) is 22.7. The highest BCUT2D eigenvalue weighted by Gasteiger charge is 2.58. The summed E-state index contributed by atoms with van der Waals surface area (Å²) >= 11 is 0. The van der Waals surface area contributed by atoms with E-state index in [0.717, 1.165) is 0 Å². The Bertz CT molecular complexity index is 1420. The van der Waals surface area contributed by atoms with E-state index in [2.05, 4.69) is 19.7 Å². The zero-order valence-electron chi connectivity index (χ0n) is 27.0. The van der Waals surface area contributed by atoms with Gasteiger partial charge in [-0.25, -0.2) is 9.59 Å². The molecule has 0 bridgehead atoms. The number of esters is 3. The predicted molar refractivity (Wildman–Crippen MR) is 167 cm³/mol. The van der Waals surface area contributed by atoms with Crippen molar-refractivity contribution in [2.45, 2.75) is 94.7 Å². The van der Waals surface area contributed by atoms with Gasteiger partial charge < -0.3 is 49.2 Å². The Hall–Kier alpha value is -3.59. The third-order valence-electron chi connectivity index (χ3n) is 10.1. The van der Waals surface area contributed by atoms with Crippen LogP contribution >= 0.6 is 0 Å². The summed E-state index contributed by atoms with van der Waals surface area (Å²) in [5.41, 5.74) is 1.90. The molecule has 13 atom stereocenters. The first-order valence-corrected chi connectivity index (χ1v) is 16.1. The lowest BCUT2D eigenvalue weighted by Crippen LogP contribution is -2.60. The van der Waals surface area contributed by atoms with Crippen molar-refractivity contribution < 1.29 is 63.6 Å². The Morgan fingerprint density at radius 2 is 1.73 bits per heavy atom. The van der Waals surface area contributed by atoms with Crippen LogP contribution in [0.5, 0.6) is 5.75 Å². The minimum absolute atomic E-state index is 0.0472. The van der Waals surface area contributed by atoms with Crippen LogP contribution in [0, 0.1) is 23.7 Å². The number of phenolic OH excluding ortho intramolecular Hbond substituents is 1. The Morgan fingerprint density at radius 3 is 2.40 bits per heavy atom. The summed E-state index contributed by atoms with van der Waals surface area (Å²) in [7, 11) is 0. The first-order valence-electron chi connectivity index (χ1n) is 16.1. The van der Waals surface area contributed by atoms with Crippen LogP contribution in [0.1, 0.15) is 38.7 Å².